The molecule has 0 spiro atoms. The topological polar surface area (TPSA) is 81.7 Å². The molecule has 6 heteroatoms. The molecule has 1 aliphatic rings. The average Bonchev–Trinajstić information content (AvgIpc) is 2.69. The van der Waals surface area contributed by atoms with Gasteiger partial charge in [0.1, 0.15) is 5.54 Å². The Bertz CT molecular complexity index is 328. The van der Waals surface area contributed by atoms with Gasteiger partial charge in [0.25, 0.3) is 0 Å². The Hall–Kier alpha value is -1.59. The molecule has 96 valence electrons. The van der Waals surface area contributed by atoms with Crippen LogP contribution in [0, 0.1) is 0 Å². The van der Waals surface area contributed by atoms with Crippen molar-refractivity contribution in [1.82, 2.24) is 5.32 Å². The molecule has 1 aliphatic heterocycles. The number of ether oxygens (including phenoxy) is 2. The molecule has 0 aromatic rings. The van der Waals surface area contributed by atoms with Gasteiger partial charge in [0.2, 0.25) is 5.91 Å². The van der Waals surface area contributed by atoms with Gasteiger partial charge in [-0.1, -0.05) is 0 Å². The molecule has 1 amide bonds. The Morgan fingerprint density at radius 3 is 2.65 bits per heavy atom. The van der Waals surface area contributed by atoms with Gasteiger partial charge in [-0.2, -0.15) is 0 Å². The minimum atomic E-state index is -1.05. The maximum absolute atomic E-state index is 11.8. The zero-order chi connectivity index (χ0) is 12.9. The van der Waals surface area contributed by atoms with Gasteiger partial charge in [0.15, 0.2) is 0 Å². The van der Waals surface area contributed by atoms with Crippen molar-refractivity contribution in [2.75, 3.05) is 13.7 Å². The van der Waals surface area contributed by atoms with E-state index in [9.17, 15) is 14.4 Å². The lowest BCUT2D eigenvalue weighted by Gasteiger charge is -2.25. The van der Waals surface area contributed by atoms with Crippen LogP contribution in [0.5, 0.6) is 0 Å². The van der Waals surface area contributed by atoms with E-state index in [0.717, 1.165) is 0 Å². The molecule has 0 aliphatic carbocycles. The molecule has 1 N–H and O–H groups in total. The molecule has 1 atom stereocenters. The molecule has 17 heavy (non-hydrogen) atoms. The van der Waals surface area contributed by atoms with Crippen molar-refractivity contribution in [1.29, 1.82) is 0 Å². The standard InChI is InChI=1S/C11H17NO5/c1-3-17-10(15)11(6-4-8(13)12-11)7-5-9(14)16-2/h3-7H2,1-2H3,(H,12,13). The van der Waals surface area contributed by atoms with Gasteiger partial charge in [-0.15, -0.1) is 0 Å². The number of nitrogens with one attached hydrogen (secondary N) is 1. The Morgan fingerprint density at radius 1 is 1.47 bits per heavy atom. The summed E-state index contributed by atoms with van der Waals surface area (Å²) in [6.45, 7) is 1.94. The second-order valence-corrected chi connectivity index (χ2v) is 3.93. The van der Waals surface area contributed by atoms with E-state index in [1.54, 1.807) is 6.92 Å². The van der Waals surface area contributed by atoms with Gasteiger partial charge in [0, 0.05) is 12.8 Å². The molecule has 0 saturated carbocycles. The highest BCUT2D eigenvalue weighted by Crippen LogP contribution is 2.27. The van der Waals surface area contributed by atoms with Gasteiger partial charge in [-0.05, 0) is 19.8 Å². The Balaban J connectivity index is 2.69. The molecule has 1 fully saturated rings. The van der Waals surface area contributed by atoms with Crippen LogP contribution in [0.25, 0.3) is 0 Å². The van der Waals surface area contributed by atoms with Crippen molar-refractivity contribution in [2.24, 2.45) is 0 Å². The number of carbonyl (C=O) groups excluding carboxylic acids is 3. The largest absolute Gasteiger partial charge is 0.469 e. The first-order valence-corrected chi connectivity index (χ1v) is 5.59. The SMILES string of the molecule is CCOC(=O)C1(CCC(=O)OC)CCC(=O)N1. The lowest BCUT2D eigenvalue weighted by Crippen LogP contribution is -2.50. The summed E-state index contributed by atoms with van der Waals surface area (Å²) in [6.07, 6.45) is 0.932. The van der Waals surface area contributed by atoms with Crippen LogP contribution in [-0.2, 0) is 23.9 Å². The number of carbonyl (C=O) groups is 3. The van der Waals surface area contributed by atoms with E-state index in [0.29, 0.717) is 6.42 Å². The molecule has 1 rings (SSSR count). The minimum absolute atomic E-state index is 0.0790. The zero-order valence-electron chi connectivity index (χ0n) is 10.1. The third-order valence-electron chi connectivity index (χ3n) is 2.81. The van der Waals surface area contributed by atoms with Crippen molar-refractivity contribution >= 4 is 17.8 Å². The van der Waals surface area contributed by atoms with E-state index >= 15 is 0 Å². The zero-order valence-corrected chi connectivity index (χ0v) is 10.1. The van der Waals surface area contributed by atoms with Gasteiger partial charge < -0.3 is 14.8 Å². The molecule has 0 aromatic carbocycles. The summed E-state index contributed by atoms with van der Waals surface area (Å²) in [4.78, 5) is 34.2. The maximum Gasteiger partial charge on any atom is 0.331 e. The van der Waals surface area contributed by atoms with Crippen LogP contribution in [0.15, 0.2) is 0 Å². The number of hydrogen-bond acceptors (Lipinski definition) is 5. The van der Waals surface area contributed by atoms with Crippen LogP contribution in [0.4, 0.5) is 0 Å². The number of hydrogen-bond donors (Lipinski definition) is 1. The van der Waals surface area contributed by atoms with Crippen molar-refractivity contribution in [2.45, 2.75) is 38.1 Å². The van der Waals surface area contributed by atoms with E-state index in [2.05, 4.69) is 10.1 Å². The summed E-state index contributed by atoms with van der Waals surface area (Å²) in [5.74, 6) is -1.08. The van der Waals surface area contributed by atoms with Crippen LogP contribution in [0.3, 0.4) is 0 Å². The first-order valence-electron chi connectivity index (χ1n) is 5.59. The fraction of sp³-hybridized carbons (Fsp3) is 0.727. The highest BCUT2D eigenvalue weighted by molar-refractivity contribution is 5.92. The van der Waals surface area contributed by atoms with Crippen molar-refractivity contribution < 1.29 is 23.9 Å². The third kappa shape index (κ3) is 3.18. The molecule has 1 unspecified atom stereocenters. The number of rotatable bonds is 5. The highest BCUT2D eigenvalue weighted by Gasteiger charge is 2.45. The molecular weight excluding hydrogens is 226 g/mol. The molecule has 0 radical (unpaired) electrons. The van der Waals surface area contributed by atoms with Crippen molar-refractivity contribution in [3.63, 3.8) is 0 Å². The highest BCUT2D eigenvalue weighted by atomic mass is 16.5. The monoisotopic (exact) mass is 243 g/mol. The van der Waals surface area contributed by atoms with E-state index in [1.165, 1.54) is 7.11 Å². The van der Waals surface area contributed by atoms with Crippen LogP contribution < -0.4 is 5.32 Å². The van der Waals surface area contributed by atoms with Crippen LogP contribution in [-0.4, -0.2) is 37.1 Å². The summed E-state index contributed by atoms with van der Waals surface area (Å²) in [6, 6.07) is 0. The third-order valence-corrected chi connectivity index (χ3v) is 2.81. The summed E-state index contributed by atoms with van der Waals surface area (Å²) < 4.78 is 9.46. The summed E-state index contributed by atoms with van der Waals surface area (Å²) >= 11 is 0. The Labute approximate surface area is 99.6 Å². The quantitative estimate of drug-likeness (QED) is 0.695. The molecule has 1 heterocycles. The predicted molar refractivity (Wildman–Crippen MR) is 58.0 cm³/mol. The van der Waals surface area contributed by atoms with E-state index in [-0.39, 0.29) is 31.8 Å². The normalized spacial score (nSPS) is 23.1. The lowest BCUT2D eigenvalue weighted by atomic mass is 9.91. The van der Waals surface area contributed by atoms with Gasteiger partial charge in [-0.3, -0.25) is 9.59 Å². The first-order chi connectivity index (χ1) is 8.04. The Kier molecular flexibility index (Phi) is 4.48. The molecule has 0 aromatic heterocycles. The molecule has 1 saturated heterocycles. The Morgan fingerprint density at radius 2 is 2.18 bits per heavy atom. The summed E-state index contributed by atoms with van der Waals surface area (Å²) in [5.41, 5.74) is -1.05. The van der Waals surface area contributed by atoms with Gasteiger partial charge in [-0.25, -0.2) is 4.79 Å². The van der Waals surface area contributed by atoms with Crippen LogP contribution in [0.2, 0.25) is 0 Å². The lowest BCUT2D eigenvalue weighted by molar-refractivity contribution is -0.152. The molecule has 6 nitrogen and oxygen atoms in total. The van der Waals surface area contributed by atoms with Gasteiger partial charge in [0.05, 0.1) is 13.7 Å². The predicted octanol–water partition coefficient (Wildman–Crippen LogP) is 0.152. The molecular formula is C11H17NO5. The average molecular weight is 243 g/mol. The summed E-state index contributed by atoms with van der Waals surface area (Å²) in [5, 5.41) is 2.61. The second kappa shape index (κ2) is 5.65. The number of methoxy groups -OCH3 is 1. The van der Waals surface area contributed by atoms with Crippen LogP contribution >= 0.6 is 0 Å². The van der Waals surface area contributed by atoms with E-state index in [4.69, 9.17) is 4.74 Å². The summed E-state index contributed by atoms with van der Waals surface area (Å²) in [7, 11) is 1.28. The number of amides is 1. The van der Waals surface area contributed by atoms with Crippen molar-refractivity contribution in [3.8, 4) is 0 Å². The van der Waals surface area contributed by atoms with Crippen LogP contribution in [0.1, 0.15) is 32.6 Å². The maximum atomic E-state index is 11.8. The smallest absolute Gasteiger partial charge is 0.331 e. The van der Waals surface area contributed by atoms with E-state index < -0.39 is 17.5 Å². The van der Waals surface area contributed by atoms with Gasteiger partial charge >= 0.3 is 11.9 Å². The minimum Gasteiger partial charge on any atom is -0.469 e. The first kappa shape index (κ1) is 13.5. The fourth-order valence-electron chi connectivity index (χ4n) is 1.85. The fourth-order valence-corrected chi connectivity index (χ4v) is 1.85. The second-order valence-electron chi connectivity index (χ2n) is 3.93. The molecule has 0 bridgehead atoms. The number of esters is 2. The van der Waals surface area contributed by atoms with Crippen molar-refractivity contribution in [3.05, 3.63) is 0 Å². The van der Waals surface area contributed by atoms with E-state index in [1.807, 2.05) is 0 Å².